The third kappa shape index (κ3) is 3.93. The summed E-state index contributed by atoms with van der Waals surface area (Å²) >= 11 is 11.9. The van der Waals surface area contributed by atoms with E-state index in [2.05, 4.69) is 10.4 Å². The fourth-order valence-corrected chi connectivity index (χ4v) is 2.10. The summed E-state index contributed by atoms with van der Waals surface area (Å²) in [6.45, 7) is 0.210. The minimum atomic E-state index is -0.549. The van der Waals surface area contributed by atoms with E-state index >= 15 is 0 Å². The first-order valence-electron chi connectivity index (χ1n) is 5.88. The molecule has 1 aromatic heterocycles. The maximum absolute atomic E-state index is 11.8. The number of hydrogen-bond acceptors (Lipinski definition) is 4. The molecule has 1 amide bonds. The summed E-state index contributed by atoms with van der Waals surface area (Å²) in [6, 6.07) is 4.89. The van der Waals surface area contributed by atoms with E-state index in [1.54, 1.807) is 18.2 Å². The van der Waals surface area contributed by atoms with Crippen LogP contribution in [0.4, 0.5) is 11.4 Å². The number of anilines is 1. The molecule has 7 nitrogen and oxygen atoms in total. The van der Waals surface area contributed by atoms with Gasteiger partial charge in [0, 0.05) is 13.0 Å². The summed E-state index contributed by atoms with van der Waals surface area (Å²) in [5.74, 6) is -0.317. The number of nitrogens with zero attached hydrogens (tertiary/aromatic N) is 3. The number of halogens is 2. The Morgan fingerprint density at radius 3 is 2.62 bits per heavy atom. The molecule has 0 aliphatic heterocycles. The molecule has 21 heavy (non-hydrogen) atoms. The number of carbonyl (C=O) groups excluding carboxylic acids is 1. The largest absolute Gasteiger partial charge is 0.323 e. The second-order valence-electron chi connectivity index (χ2n) is 4.11. The van der Waals surface area contributed by atoms with Crippen LogP contribution in [0, 0.1) is 10.1 Å². The molecule has 0 bridgehead atoms. The Balaban J connectivity index is 1.94. The van der Waals surface area contributed by atoms with Crippen LogP contribution in [0.25, 0.3) is 0 Å². The molecule has 0 aliphatic rings. The van der Waals surface area contributed by atoms with E-state index in [1.165, 1.54) is 10.9 Å². The van der Waals surface area contributed by atoms with Crippen LogP contribution in [-0.4, -0.2) is 20.6 Å². The standard InChI is InChI=1S/C12H10Cl2N4O3/c13-9-2-1-3-10(14)12(9)16-11(19)4-5-17-7-8(6-15-17)18(20)21/h1-3,6-7H,4-5H2,(H,16,19). The first-order valence-corrected chi connectivity index (χ1v) is 6.63. The van der Waals surface area contributed by atoms with E-state index in [0.29, 0.717) is 15.7 Å². The zero-order valence-electron chi connectivity index (χ0n) is 10.6. The number of benzene rings is 1. The number of nitro groups is 1. The minimum absolute atomic E-state index is 0.0837. The van der Waals surface area contributed by atoms with Gasteiger partial charge in [-0.25, -0.2) is 0 Å². The van der Waals surface area contributed by atoms with Gasteiger partial charge in [0.15, 0.2) is 0 Å². The van der Waals surface area contributed by atoms with E-state index in [9.17, 15) is 14.9 Å². The van der Waals surface area contributed by atoms with Gasteiger partial charge < -0.3 is 5.32 Å². The van der Waals surface area contributed by atoms with Crippen molar-refractivity contribution in [3.8, 4) is 0 Å². The van der Waals surface area contributed by atoms with E-state index in [1.807, 2.05) is 0 Å². The van der Waals surface area contributed by atoms with Crippen molar-refractivity contribution in [1.82, 2.24) is 9.78 Å². The van der Waals surface area contributed by atoms with E-state index in [0.717, 1.165) is 6.20 Å². The Morgan fingerprint density at radius 1 is 1.38 bits per heavy atom. The summed E-state index contributed by atoms with van der Waals surface area (Å²) in [4.78, 5) is 21.8. The predicted octanol–water partition coefficient (Wildman–Crippen LogP) is 3.13. The zero-order valence-corrected chi connectivity index (χ0v) is 12.1. The van der Waals surface area contributed by atoms with Crippen molar-refractivity contribution < 1.29 is 9.72 Å². The molecule has 0 atom stereocenters. The summed E-state index contributed by atoms with van der Waals surface area (Å²) in [5.41, 5.74) is 0.224. The van der Waals surface area contributed by atoms with Crippen LogP contribution in [0.1, 0.15) is 6.42 Å². The molecule has 1 aromatic carbocycles. The zero-order chi connectivity index (χ0) is 15.4. The molecule has 1 N–H and O–H groups in total. The molecule has 0 radical (unpaired) electrons. The maximum Gasteiger partial charge on any atom is 0.306 e. The third-order valence-electron chi connectivity index (χ3n) is 2.63. The fraction of sp³-hybridized carbons (Fsp3) is 0.167. The summed E-state index contributed by atoms with van der Waals surface area (Å²) in [5, 5.41) is 17.6. The second kappa shape index (κ2) is 6.55. The molecule has 0 saturated carbocycles. The number of aromatic nitrogens is 2. The van der Waals surface area contributed by atoms with Gasteiger partial charge in [-0.1, -0.05) is 29.3 Å². The Bertz CT molecular complexity index is 667. The summed E-state index contributed by atoms with van der Waals surface area (Å²) < 4.78 is 1.33. The van der Waals surface area contributed by atoms with Crippen molar-refractivity contribution in [2.45, 2.75) is 13.0 Å². The van der Waals surface area contributed by atoms with Gasteiger partial charge >= 0.3 is 5.69 Å². The molecule has 0 fully saturated rings. The van der Waals surface area contributed by atoms with Crippen molar-refractivity contribution in [2.75, 3.05) is 5.32 Å². The van der Waals surface area contributed by atoms with Crippen molar-refractivity contribution in [1.29, 1.82) is 0 Å². The molecule has 110 valence electrons. The lowest BCUT2D eigenvalue weighted by Gasteiger charge is -2.08. The molecule has 0 aliphatic carbocycles. The highest BCUT2D eigenvalue weighted by Crippen LogP contribution is 2.29. The first-order chi connectivity index (χ1) is 9.97. The molecule has 0 spiro atoms. The Kier molecular flexibility index (Phi) is 4.77. The van der Waals surface area contributed by atoms with Crippen molar-refractivity contribution >= 4 is 40.5 Å². The first kappa shape index (κ1) is 15.3. The smallest absolute Gasteiger partial charge is 0.306 e. The quantitative estimate of drug-likeness (QED) is 0.674. The topological polar surface area (TPSA) is 90.1 Å². The van der Waals surface area contributed by atoms with Gasteiger partial charge in [-0.05, 0) is 12.1 Å². The number of rotatable bonds is 5. The maximum atomic E-state index is 11.8. The highest BCUT2D eigenvalue weighted by atomic mass is 35.5. The molecule has 2 aromatic rings. The van der Waals surface area contributed by atoms with Crippen LogP contribution in [0.15, 0.2) is 30.6 Å². The number of aryl methyl sites for hydroxylation is 1. The number of carbonyl (C=O) groups is 1. The van der Waals surface area contributed by atoms with Gasteiger partial charge in [0.2, 0.25) is 5.91 Å². The number of hydrogen-bond donors (Lipinski definition) is 1. The summed E-state index contributed by atoms with van der Waals surface area (Å²) in [6.07, 6.45) is 2.47. The molecular formula is C12H10Cl2N4O3. The number of amides is 1. The lowest BCUT2D eigenvalue weighted by molar-refractivity contribution is -0.385. The van der Waals surface area contributed by atoms with Gasteiger partial charge in [0.05, 0.1) is 20.7 Å². The van der Waals surface area contributed by atoms with E-state index < -0.39 is 4.92 Å². The Morgan fingerprint density at radius 2 is 2.05 bits per heavy atom. The van der Waals surface area contributed by atoms with Crippen LogP contribution < -0.4 is 5.32 Å². The molecule has 0 unspecified atom stereocenters. The molecular weight excluding hydrogens is 319 g/mol. The average Bonchev–Trinajstić information content (AvgIpc) is 2.90. The highest BCUT2D eigenvalue weighted by molar-refractivity contribution is 6.39. The Hall–Kier alpha value is -2.12. The minimum Gasteiger partial charge on any atom is -0.323 e. The van der Waals surface area contributed by atoms with Crippen molar-refractivity contribution in [2.24, 2.45) is 0 Å². The van der Waals surface area contributed by atoms with Crippen molar-refractivity contribution in [3.05, 3.63) is 50.8 Å². The van der Waals surface area contributed by atoms with Gasteiger partial charge in [-0.15, -0.1) is 0 Å². The monoisotopic (exact) mass is 328 g/mol. The molecule has 9 heteroatoms. The van der Waals surface area contributed by atoms with Crippen LogP contribution in [-0.2, 0) is 11.3 Å². The average molecular weight is 329 g/mol. The fourth-order valence-electron chi connectivity index (χ4n) is 1.60. The molecule has 1 heterocycles. The Labute approximate surface area is 129 Å². The van der Waals surface area contributed by atoms with Gasteiger partial charge in [0.25, 0.3) is 0 Å². The van der Waals surface area contributed by atoms with E-state index in [-0.39, 0.29) is 24.6 Å². The van der Waals surface area contributed by atoms with Crippen LogP contribution in [0.3, 0.4) is 0 Å². The SMILES string of the molecule is O=C(CCn1cc([N+](=O)[O-])cn1)Nc1c(Cl)cccc1Cl. The van der Waals surface area contributed by atoms with Gasteiger partial charge in [0.1, 0.15) is 12.4 Å². The van der Waals surface area contributed by atoms with Crippen LogP contribution in [0.5, 0.6) is 0 Å². The second-order valence-corrected chi connectivity index (χ2v) is 4.93. The van der Waals surface area contributed by atoms with Crippen molar-refractivity contribution in [3.63, 3.8) is 0 Å². The lowest BCUT2D eigenvalue weighted by atomic mass is 10.3. The molecule has 0 saturated heterocycles. The summed E-state index contributed by atoms with van der Waals surface area (Å²) in [7, 11) is 0. The number of nitrogens with one attached hydrogen (secondary N) is 1. The number of para-hydroxylation sites is 1. The lowest BCUT2D eigenvalue weighted by Crippen LogP contribution is -2.15. The van der Waals surface area contributed by atoms with Gasteiger partial charge in [-0.3, -0.25) is 19.6 Å². The third-order valence-corrected chi connectivity index (χ3v) is 3.26. The predicted molar refractivity (Wildman–Crippen MR) is 78.6 cm³/mol. The highest BCUT2D eigenvalue weighted by Gasteiger charge is 2.12. The normalized spacial score (nSPS) is 10.4. The molecule has 2 rings (SSSR count). The van der Waals surface area contributed by atoms with Gasteiger partial charge in [-0.2, -0.15) is 5.10 Å². The van der Waals surface area contributed by atoms with Crippen LogP contribution in [0.2, 0.25) is 10.0 Å². The van der Waals surface area contributed by atoms with E-state index in [4.69, 9.17) is 23.2 Å². The van der Waals surface area contributed by atoms with Crippen LogP contribution >= 0.6 is 23.2 Å².